The van der Waals surface area contributed by atoms with E-state index in [0.717, 1.165) is 0 Å². The molecule has 0 spiro atoms. The molecule has 0 saturated carbocycles. The van der Waals surface area contributed by atoms with Gasteiger partial charge in [-0.1, -0.05) is 52.5 Å². The van der Waals surface area contributed by atoms with Crippen molar-refractivity contribution < 1.29 is 9.90 Å². The zero-order chi connectivity index (χ0) is 14.2. The van der Waals surface area contributed by atoms with E-state index in [9.17, 15) is 9.90 Å². The molecule has 0 atom stereocenters. The smallest absolute Gasteiger partial charge is 0.336 e. The molecule has 0 heterocycles. The quantitative estimate of drug-likeness (QED) is 0.718. The molecule has 19 heavy (non-hydrogen) atoms. The molecule has 1 N–H and O–H groups in total. The summed E-state index contributed by atoms with van der Waals surface area (Å²) in [6.07, 6.45) is 0. The first-order valence-corrected chi connectivity index (χ1v) is 6.59. The molecular weight excluding hydrogens is 330 g/mol. The topological polar surface area (TPSA) is 37.3 Å². The normalized spacial score (nSPS) is 10.5. The van der Waals surface area contributed by atoms with Crippen LogP contribution in [0, 0.1) is 0 Å². The van der Waals surface area contributed by atoms with Crippen LogP contribution in [0.15, 0.2) is 30.3 Å². The van der Waals surface area contributed by atoms with Crippen molar-refractivity contribution in [2.45, 2.75) is 0 Å². The van der Waals surface area contributed by atoms with Gasteiger partial charge in [-0.15, -0.1) is 0 Å². The van der Waals surface area contributed by atoms with Crippen LogP contribution >= 0.6 is 46.4 Å². The molecule has 0 aliphatic rings. The highest BCUT2D eigenvalue weighted by atomic mass is 35.5. The molecule has 0 aliphatic heterocycles. The van der Waals surface area contributed by atoms with Crippen molar-refractivity contribution in [1.82, 2.24) is 0 Å². The number of aromatic carboxylic acids is 1. The molecule has 2 aromatic carbocycles. The number of benzene rings is 2. The van der Waals surface area contributed by atoms with Crippen LogP contribution in [0.25, 0.3) is 11.1 Å². The number of carboxylic acids is 1. The Bertz CT molecular complexity index is 668. The lowest BCUT2D eigenvalue weighted by atomic mass is 9.99. The minimum atomic E-state index is -1.10. The summed E-state index contributed by atoms with van der Waals surface area (Å²) in [7, 11) is 0. The maximum atomic E-state index is 11.2. The van der Waals surface area contributed by atoms with Crippen LogP contribution in [0.4, 0.5) is 0 Å². The van der Waals surface area contributed by atoms with Gasteiger partial charge in [0.05, 0.1) is 20.6 Å². The Morgan fingerprint density at radius 3 is 2.16 bits per heavy atom. The lowest BCUT2D eigenvalue weighted by molar-refractivity contribution is 0.0697. The second-order valence-electron chi connectivity index (χ2n) is 3.71. The van der Waals surface area contributed by atoms with Gasteiger partial charge >= 0.3 is 5.97 Å². The number of carboxylic acid groups (broad SMARTS) is 1. The van der Waals surface area contributed by atoms with E-state index in [1.165, 1.54) is 18.2 Å². The Hall–Kier alpha value is -0.930. The van der Waals surface area contributed by atoms with Gasteiger partial charge in [-0.2, -0.15) is 0 Å². The number of carbonyl (C=O) groups is 1. The van der Waals surface area contributed by atoms with E-state index in [1.807, 2.05) is 0 Å². The van der Waals surface area contributed by atoms with E-state index in [0.29, 0.717) is 16.1 Å². The first kappa shape index (κ1) is 14.5. The molecule has 0 unspecified atom stereocenters. The van der Waals surface area contributed by atoms with Crippen LogP contribution < -0.4 is 0 Å². The zero-order valence-corrected chi connectivity index (χ0v) is 12.3. The van der Waals surface area contributed by atoms with Gasteiger partial charge in [-0.05, 0) is 24.3 Å². The zero-order valence-electron chi connectivity index (χ0n) is 9.25. The van der Waals surface area contributed by atoms with Gasteiger partial charge in [0.2, 0.25) is 0 Å². The van der Waals surface area contributed by atoms with E-state index in [4.69, 9.17) is 46.4 Å². The summed E-state index contributed by atoms with van der Waals surface area (Å²) >= 11 is 24.0. The van der Waals surface area contributed by atoms with Crippen LogP contribution in [-0.4, -0.2) is 11.1 Å². The van der Waals surface area contributed by atoms with Crippen molar-refractivity contribution in [3.63, 3.8) is 0 Å². The largest absolute Gasteiger partial charge is 0.478 e. The third-order valence-corrected chi connectivity index (χ3v) is 3.87. The molecule has 0 bridgehead atoms. The minimum Gasteiger partial charge on any atom is -0.478 e. The third-order valence-electron chi connectivity index (χ3n) is 2.52. The van der Waals surface area contributed by atoms with Gasteiger partial charge in [0, 0.05) is 16.1 Å². The van der Waals surface area contributed by atoms with Crippen molar-refractivity contribution in [2.75, 3.05) is 0 Å². The number of halogens is 4. The summed E-state index contributed by atoms with van der Waals surface area (Å²) < 4.78 is 0. The van der Waals surface area contributed by atoms with Crippen LogP contribution in [0.2, 0.25) is 20.1 Å². The summed E-state index contributed by atoms with van der Waals surface area (Å²) in [5.74, 6) is -1.10. The predicted octanol–water partition coefficient (Wildman–Crippen LogP) is 5.67. The second kappa shape index (κ2) is 5.59. The maximum absolute atomic E-state index is 11.2. The molecule has 0 radical (unpaired) electrons. The summed E-state index contributed by atoms with van der Waals surface area (Å²) in [5, 5.41) is 10.3. The van der Waals surface area contributed by atoms with Gasteiger partial charge in [0.25, 0.3) is 0 Å². The molecule has 2 nitrogen and oxygen atoms in total. The Kier molecular flexibility index (Phi) is 4.26. The standard InChI is InChI=1S/C13H6Cl4O2/c14-8-3-1-2-6(13(18)19)12(8)7-4-10(16)11(17)5-9(7)15/h1-5H,(H,18,19). The highest BCUT2D eigenvalue weighted by Gasteiger charge is 2.18. The molecule has 98 valence electrons. The second-order valence-corrected chi connectivity index (χ2v) is 5.34. The lowest BCUT2D eigenvalue weighted by Gasteiger charge is -2.11. The SMILES string of the molecule is O=C(O)c1cccc(Cl)c1-c1cc(Cl)c(Cl)cc1Cl. The average molecular weight is 336 g/mol. The Balaban J connectivity index is 2.79. The van der Waals surface area contributed by atoms with E-state index in [-0.39, 0.29) is 20.6 Å². The summed E-state index contributed by atoms with van der Waals surface area (Å²) in [6, 6.07) is 7.54. The fourth-order valence-electron chi connectivity index (χ4n) is 1.69. The molecule has 0 aromatic heterocycles. The Morgan fingerprint density at radius 1 is 0.895 bits per heavy atom. The number of hydrogen-bond acceptors (Lipinski definition) is 1. The third kappa shape index (κ3) is 2.82. The highest BCUT2D eigenvalue weighted by molar-refractivity contribution is 6.44. The van der Waals surface area contributed by atoms with Crippen molar-refractivity contribution in [3.8, 4) is 11.1 Å². The van der Waals surface area contributed by atoms with Crippen molar-refractivity contribution in [2.24, 2.45) is 0 Å². The maximum Gasteiger partial charge on any atom is 0.336 e. The predicted molar refractivity (Wildman–Crippen MR) is 78.9 cm³/mol. The number of hydrogen-bond donors (Lipinski definition) is 1. The van der Waals surface area contributed by atoms with E-state index >= 15 is 0 Å². The highest BCUT2D eigenvalue weighted by Crippen LogP contribution is 2.39. The van der Waals surface area contributed by atoms with Crippen molar-refractivity contribution >= 4 is 52.4 Å². The average Bonchev–Trinajstić information content (AvgIpc) is 2.34. The number of rotatable bonds is 2. The van der Waals surface area contributed by atoms with Crippen molar-refractivity contribution in [3.05, 3.63) is 56.0 Å². The summed E-state index contributed by atoms with van der Waals surface area (Å²) in [5.41, 5.74) is 0.798. The van der Waals surface area contributed by atoms with Crippen LogP contribution in [0.1, 0.15) is 10.4 Å². The molecular formula is C13H6Cl4O2. The van der Waals surface area contributed by atoms with E-state index in [2.05, 4.69) is 0 Å². The fourth-order valence-corrected chi connectivity index (χ4v) is 2.61. The van der Waals surface area contributed by atoms with E-state index in [1.54, 1.807) is 12.1 Å². The van der Waals surface area contributed by atoms with Gasteiger partial charge in [0.1, 0.15) is 0 Å². The minimum absolute atomic E-state index is 0.0489. The Labute approximate surface area is 129 Å². The lowest BCUT2D eigenvalue weighted by Crippen LogP contribution is -2.00. The molecule has 0 amide bonds. The van der Waals surface area contributed by atoms with Gasteiger partial charge < -0.3 is 5.11 Å². The van der Waals surface area contributed by atoms with Gasteiger partial charge in [0.15, 0.2) is 0 Å². The molecule has 2 aromatic rings. The summed E-state index contributed by atoms with van der Waals surface area (Å²) in [6.45, 7) is 0. The van der Waals surface area contributed by atoms with Crippen LogP contribution in [0.5, 0.6) is 0 Å². The van der Waals surface area contributed by atoms with Gasteiger partial charge in [-0.3, -0.25) is 0 Å². The summed E-state index contributed by atoms with van der Waals surface area (Å²) in [4.78, 5) is 11.2. The molecule has 0 aliphatic carbocycles. The van der Waals surface area contributed by atoms with Crippen LogP contribution in [-0.2, 0) is 0 Å². The monoisotopic (exact) mass is 334 g/mol. The molecule has 0 fully saturated rings. The fraction of sp³-hybridized carbons (Fsp3) is 0. The van der Waals surface area contributed by atoms with Crippen LogP contribution in [0.3, 0.4) is 0 Å². The molecule has 2 rings (SSSR count). The first-order valence-electron chi connectivity index (χ1n) is 5.08. The van der Waals surface area contributed by atoms with Crippen molar-refractivity contribution in [1.29, 1.82) is 0 Å². The molecule has 6 heteroatoms. The first-order chi connectivity index (χ1) is 8.91. The van der Waals surface area contributed by atoms with Gasteiger partial charge in [-0.25, -0.2) is 4.79 Å². The molecule has 0 saturated heterocycles. The van der Waals surface area contributed by atoms with E-state index < -0.39 is 5.97 Å². The Morgan fingerprint density at radius 2 is 1.53 bits per heavy atom.